The Hall–Kier alpha value is -2.54. The number of nitrogens with zero attached hydrogens (tertiary/aromatic N) is 6. The fraction of sp³-hybridized carbons (Fsp3) is 0.474. The van der Waals surface area contributed by atoms with E-state index in [1.807, 2.05) is 18.2 Å². The summed E-state index contributed by atoms with van der Waals surface area (Å²) in [6, 6.07) is 6.05. The van der Waals surface area contributed by atoms with Gasteiger partial charge in [-0.2, -0.15) is 0 Å². The molecule has 0 spiro atoms. The largest absolute Gasteiger partial charge is 0.356 e. The minimum Gasteiger partial charge on any atom is -0.356 e. The molecule has 0 bridgehead atoms. The molecule has 3 aromatic heterocycles. The van der Waals surface area contributed by atoms with Gasteiger partial charge in [-0.15, -0.1) is 10.2 Å². The summed E-state index contributed by atoms with van der Waals surface area (Å²) in [6.07, 6.45) is 8.06. The van der Waals surface area contributed by atoms with Crippen molar-refractivity contribution in [2.24, 2.45) is 0 Å². The maximum Gasteiger partial charge on any atom is 0.160 e. The Morgan fingerprint density at radius 2 is 2.04 bits per heavy atom. The second-order valence-electron chi connectivity index (χ2n) is 7.14. The summed E-state index contributed by atoms with van der Waals surface area (Å²) in [5, 5.41) is 12.3. The zero-order chi connectivity index (χ0) is 17.3. The van der Waals surface area contributed by atoms with Crippen molar-refractivity contribution < 1.29 is 0 Å². The fourth-order valence-electron chi connectivity index (χ4n) is 4.25. The van der Waals surface area contributed by atoms with Crippen LogP contribution in [0.1, 0.15) is 35.8 Å². The van der Waals surface area contributed by atoms with E-state index in [4.69, 9.17) is 0 Å². The van der Waals surface area contributed by atoms with Crippen LogP contribution < -0.4 is 10.2 Å². The first-order chi connectivity index (χ1) is 12.9. The third-order valence-electron chi connectivity index (χ3n) is 5.53. The highest BCUT2D eigenvalue weighted by Gasteiger charge is 2.28. The van der Waals surface area contributed by atoms with Crippen LogP contribution in [-0.4, -0.2) is 50.7 Å². The minimum atomic E-state index is 0.371. The van der Waals surface area contributed by atoms with Crippen molar-refractivity contribution in [2.75, 3.05) is 31.1 Å². The van der Waals surface area contributed by atoms with Crippen LogP contribution in [-0.2, 0) is 12.8 Å². The number of rotatable bonds is 2. The molecular weight excluding hydrogens is 326 g/mol. The predicted octanol–water partition coefficient (Wildman–Crippen LogP) is 1.59. The number of hydrogen-bond donors (Lipinski definition) is 1. The van der Waals surface area contributed by atoms with Crippen LogP contribution in [0.15, 0.2) is 30.7 Å². The molecule has 1 atom stereocenters. The van der Waals surface area contributed by atoms with E-state index in [9.17, 15) is 0 Å². The second kappa shape index (κ2) is 6.64. The molecule has 2 aliphatic rings. The maximum absolute atomic E-state index is 4.68. The first kappa shape index (κ1) is 15.7. The van der Waals surface area contributed by atoms with Crippen molar-refractivity contribution in [1.82, 2.24) is 29.9 Å². The molecular formula is C19H23N7. The molecule has 5 heterocycles. The Labute approximate surface area is 152 Å². The molecule has 1 saturated heterocycles. The van der Waals surface area contributed by atoms with Crippen molar-refractivity contribution in [3.05, 3.63) is 47.8 Å². The highest BCUT2D eigenvalue weighted by atomic mass is 15.3. The molecule has 0 aliphatic carbocycles. The van der Waals surface area contributed by atoms with Gasteiger partial charge in [0.15, 0.2) is 5.65 Å². The number of aromatic nitrogens is 5. The summed E-state index contributed by atoms with van der Waals surface area (Å²) in [4.78, 5) is 11.7. The van der Waals surface area contributed by atoms with Crippen LogP contribution >= 0.6 is 0 Å². The number of nitrogens with one attached hydrogen (secondary N) is 1. The minimum absolute atomic E-state index is 0.371. The van der Waals surface area contributed by atoms with Crippen LogP contribution in [0.4, 0.5) is 5.82 Å². The average molecular weight is 349 g/mol. The molecule has 7 nitrogen and oxygen atoms in total. The zero-order valence-electron chi connectivity index (χ0n) is 14.8. The average Bonchev–Trinajstić information content (AvgIpc) is 2.97. The molecule has 1 fully saturated rings. The van der Waals surface area contributed by atoms with Crippen molar-refractivity contribution in [3.8, 4) is 0 Å². The van der Waals surface area contributed by atoms with E-state index in [0.717, 1.165) is 69.2 Å². The van der Waals surface area contributed by atoms with Crippen molar-refractivity contribution in [1.29, 1.82) is 0 Å². The molecule has 5 rings (SSSR count). The maximum atomic E-state index is 4.68. The number of fused-ring (bicyclic) bond motifs is 2. The van der Waals surface area contributed by atoms with Crippen molar-refractivity contribution in [2.45, 2.75) is 31.6 Å². The lowest BCUT2D eigenvalue weighted by Crippen LogP contribution is -2.36. The predicted molar refractivity (Wildman–Crippen MR) is 99.5 cm³/mol. The van der Waals surface area contributed by atoms with Crippen LogP contribution in [0, 0.1) is 0 Å². The lowest BCUT2D eigenvalue weighted by Gasteiger charge is -2.34. The third kappa shape index (κ3) is 2.72. The van der Waals surface area contributed by atoms with Gasteiger partial charge in [-0.3, -0.25) is 4.40 Å². The lowest BCUT2D eigenvalue weighted by atomic mass is 9.96. The number of anilines is 1. The number of piperidine rings is 1. The van der Waals surface area contributed by atoms with Crippen molar-refractivity contribution >= 4 is 11.5 Å². The van der Waals surface area contributed by atoms with Crippen LogP contribution in [0.2, 0.25) is 0 Å². The first-order valence-electron chi connectivity index (χ1n) is 9.48. The van der Waals surface area contributed by atoms with Gasteiger partial charge in [0.05, 0.1) is 5.69 Å². The Morgan fingerprint density at radius 1 is 1.08 bits per heavy atom. The van der Waals surface area contributed by atoms with E-state index in [-0.39, 0.29) is 0 Å². The molecule has 0 unspecified atom stereocenters. The number of hydrogen-bond acceptors (Lipinski definition) is 6. The van der Waals surface area contributed by atoms with Gasteiger partial charge >= 0.3 is 0 Å². The second-order valence-corrected chi connectivity index (χ2v) is 7.14. The van der Waals surface area contributed by atoms with E-state index in [0.29, 0.717) is 5.92 Å². The van der Waals surface area contributed by atoms with Crippen LogP contribution in [0.5, 0.6) is 0 Å². The molecule has 134 valence electrons. The summed E-state index contributed by atoms with van der Waals surface area (Å²) < 4.78 is 2.12. The smallest absolute Gasteiger partial charge is 0.160 e. The normalized spacial score (nSPS) is 20.8. The summed E-state index contributed by atoms with van der Waals surface area (Å²) in [5.41, 5.74) is 3.45. The zero-order valence-corrected chi connectivity index (χ0v) is 14.8. The molecule has 7 heteroatoms. The topological polar surface area (TPSA) is 71.2 Å². The molecule has 2 aliphatic heterocycles. The van der Waals surface area contributed by atoms with E-state index < -0.39 is 0 Å². The Morgan fingerprint density at radius 3 is 3.04 bits per heavy atom. The fourth-order valence-corrected chi connectivity index (χ4v) is 4.25. The SMILES string of the molecule is c1ccn2c([C@@H]3CCCN(c4ncnc5c4CCNCC5)C3)nnc2c1. The number of pyridine rings is 1. The molecule has 0 aromatic carbocycles. The molecule has 26 heavy (non-hydrogen) atoms. The first-order valence-corrected chi connectivity index (χ1v) is 9.48. The molecule has 3 aromatic rings. The summed E-state index contributed by atoms with van der Waals surface area (Å²) in [6.45, 7) is 3.98. The van der Waals surface area contributed by atoms with E-state index in [2.05, 4.69) is 41.0 Å². The lowest BCUT2D eigenvalue weighted by molar-refractivity contribution is 0.484. The Bertz CT molecular complexity index is 919. The summed E-state index contributed by atoms with van der Waals surface area (Å²) in [7, 11) is 0. The van der Waals surface area contributed by atoms with Crippen LogP contribution in [0.25, 0.3) is 5.65 Å². The van der Waals surface area contributed by atoms with Crippen LogP contribution in [0.3, 0.4) is 0 Å². The van der Waals surface area contributed by atoms with Gasteiger partial charge in [0.25, 0.3) is 0 Å². The summed E-state index contributed by atoms with van der Waals surface area (Å²) >= 11 is 0. The highest BCUT2D eigenvalue weighted by Crippen LogP contribution is 2.31. The van der Waals surface area contributed by atoms with Gasteiger partial charge < -0.3 is 10.2 Å². The molecule has 0 saturated carbocycles. The van der Waals surface area contributed by atoms with Gasteiger partial charge in [0.2, 0.25) is 0 Å². The van der Waals surface area contributed by atoms with Crippen molar-refractivity contribution in [3.63, 3.8) is 0 Å². The molecule has 0 radical (unpaired) electrons. The van der Waals surface area contributed by atoms with Gasteiger partial charge in [-0.25, -0.2) is 9.97 Å². The van der Waals surface area contributed by atoms with Gasteiger partial charge in [-0.05, 0) is 37.9 Å². The molecule has 0 amide bonds. The summed E-state index contributed by atoms with van der Waals surface area (Å²) in [5.74, 6) is 2.56. The standard InChI is InChI=1S/C19H23N7/c1-2-11-26-17(5-1)23-24-18(26)14-4-3-10-25(12-14)19-15-6-8-20-9-7-16(15)21-13-22-19/h1-2,5,11,13-14,20H,3-4,6-10,12H2/t14-/m1/s1. The van der Waals surface area contributed by atoms with E-state index in [1.54, 1.807) is 6.33 Å². The molecule has 1 N–H and O–H groups in total. The van der Waals surface area contributed by atoms with E-state index >= 15 is 0 Å². The van der Waals surface area contributed by atoms with Gasteiger partial charge in [0, 0.05) is 43.7 Å². The van der Waals surface area contributed by atoms with Gasteiger partial charge in [-0.1, -0.05) is 6.07 Å². The Kier molecular flexibility index (Phi) is 4.01. The van der Waals surface area contributed by atoms with E-state index in [1.165, 1.54) is 11.3 Å². The Balaban J connectivity index is 1.47. The highest BCUT2D eigenvalue weighted by molar-refractivity contribution is 5.50. The quantitative estimate of drug-likeness (QED) is 0.758. The monoisotopic (exact) mass is 349 g/mol. The third-order valence-corrected chi connectivity index (χ3v) is 5.53. The van der Waals surface area contributed by atoms with Gasteiger partial charge in [0.1, 0.15) is 18.0 Å².